The molecule has 0 amide bonds. The van der Waals surface area contributed by atoms with Gasteiger partial charge >= 0.3 is 115 Å². The third-order valence-corrected chi connectivity index (χ3v) is 6.71. The van der Waals surface area contributed by atoms with Crippen molar-refractivity contribution in [1.29, 1.82) is 0 Å². The van der Waals surface area contributed by atoms with E-state index in [1.54, 1.807) is 12.7 Å². The van der Waals surface area contributed by atoms with Gasteiger partial charge in [0, 0.05) is 0 Å². The molecule has 0 N–H and O–H groups in total. The van der Waals surface area contributed by atoms with Crippen molar-refractivity contribution in [1.82, 2.24) is 13.8 Å². The van der Waals surface area contributed by atoms with Gasteiger partial charge in [-0.05, 0) is 0 Å². The standard InChI is InChI=1S/2C6H5.C2H2N3.CH3.Cu/c2*1-2-4-6-5-3-1;1-3-2-5-4-1;;/h2*1-5H;1-2H;1H3;/q;;-1;;+1. The van der Waals surface area contributed by atoms with Crippen LogP contribution in [0.1, 0.15) is 0 Å². The van der Waals surface area contributed by atoms with Crippen LogP contribution in [0.25, 0.3) is 0 Å². The van der Waals surface area contributed by atoms with E-state index in [0.29, 0.717) is 0 Å². The van der Waals surface area contributed by atoms with Gasteiger partial charge in [-0.25, -0.2) is 0 Å². The molecule has 0 aliphatic carbocycles. The molecule has 0 radical (unpaired) electrons. The Hall–Kier alpha value is -1.90. The average Bonchev–Trinajstić information content (AvgIpc) is 3.03. The molecule has 0 bridgehead atoms. The molecule has 101 valence electrons. The molecule has 0 saturated carbocycles. The van der Waals surface area contributed by atoms with Gasteiger partial charge in [-0.1, -0.05) is 0 Å². The number of hydrogen-bond acceptors (Lipinski definition) is 2. The summed E-state index contributed by atoms with van der Waals surface area (Å²) in [5.41, 5.74) is 0. The molecule has 3 rings (SSSR count). The molecule has 0 saturated heterocycles. The van der Waals surface area contributed by atoms with E-state index >= 15 is 0 Å². The molecule has 0 fully saturated rings. The summed E-state index contributed by atoms with van der Waals surface area (Å²) in [6, 6.07) is 21.1. The van der Waals surface area contributed by atoms with Crippen molar-refractivity contribution in [3.8, 4) is 0 Å². The first kappa shape index (κ1) is 12.1. The summed E-state index contributed by atoms with van der Waals surface area (Å²) >= 11 is -1.28. The maximum atomic E-state index is 3.97. The van der Waals surface area contributed by atoms with E-state index in [4.69, 9.17) is 0 Å². The fraction of sp³-hybridized carbons (Fsp3) is 0.0667. The SMILES string of the molecule is [CH3][Cu]([c]1ccccc1)([c]1ccccc1)[n]1cnnc1. The average molecular weight is 301 g/mol. The zero-order valence-corrected chi connectivity index (χ0v) is 11.5. The van der Waals surface area contributed by atoms with Gasteiger partial charge in [-0.2, -0.15) is 0 Å². The molecule has 1 aromatic heterocycles. The second kappa shape index (κ2) is 5.00. The van der Waals surface area contributed by atoms with Crippen LogP contribution in [0.3, 0.4) is 0 Å². The van der Waals surface area contributed by atoms with Gasteiger partial charge < -0.3 is 0 Å². The first-order valence-electron chi connectivity index (χ1n) is 5.79. The van der Waals surface area contributed by atoms with Crippen molar-refractivity contribution in [2.24, 2.45) is 0 Å². The number of nitrogens with zero attached hydrogens (tertiary/aromatic N) is 3. The topological polar surface area (TPSA) is 30.7 Å². The third-order valence-electron chi connectivity index (χ3n) is 2.78. The molecule has 0 spiro atoms. The monoisotopic (exact) mass is 300 g/mol. The predicted octanol–water partition coefficient (Wildman–Crippen LogP) is 1.89. The van der Waals surface area contributed by atoms with Crippen molar-refractivity contribution in [2.75, 3.05) is 0 Å². The molecule has 4 heteroatoms. The van der Waals surface area contributed by atoms with Gasteiger partial charge in [0.25, 0.3) is 0 Å². The summed E-state index contributed by atoms with van der Waals surface area (Å²) in [7, 11) is 0. The molecular weight excluding hydrogens is 286 g/mol. The van der Waals surface area contributed by atoms with Gasteiger partial charge in [-0.15, -0.1) is 0 Å². The summed E-state index contributed by atoms with van der Waals surface area (Å²) in [4.78, 5) is 0. The van der Waals surface area contributed by atoms with E-state index in [1.165, 1.54) is 8.92 Å². The quantitative estimate of drug-likeness (QED) is 0.692. The van der Waals surface area contributed by atoms with Crippen molar-refractivity contribution < 1.29 is 13.1 Å². The Morgan fingerprint density at radius 3 is 1.58 bits per heavy atom. The summed E-state index contributed by atoms with van der Waals surface area (Å²) in [5.74, 6) is 2.26. The Morgan fingerprint density at radius 2 is 1.16 bits per heavy atom. The Labute approximate surface area is 115 Å². The first-order valence-corrected chi connectivity index (χ1v) is 8.10. The molecule has 0 aliphatic heterocycles. The van der Waals surface area contributed by atoms with Gasteiger partial charge in [0.1, 0.15) is 0 Å². The van der Waals surface area contributed by atoms with Crippen LogP contribution in [0.15, 0.2) is 73.3 Å². The van der Waals surface area contributed by atoms with E-state index in [2.05, 4.69) is 68.1 Å². The van der Waals surface area contributed by atoms with E-state index in [1.807, 2.05) is 12.1 Å². The van der Waals surface area contributed by atoms with Crippen LogP contribution < -0.4 is 8.92 Å². The Morgan fingerprint density at radius 1 is 0.737 bits per heavy atom. The third kappa shape index (κ3) is 2.09. The van der Waals surface area contributed by atoms with Gasteiger partial charge in [0.2, 0.25) is 0 Å². The fourth-order valence-corrected chi connectivity index (χ4v) is 4.78. The second-order valence-corrected chi connectivity index (χ2v) is 7.51. The minimum atomic E-state index is -1.28. The second-order valence-electron chi connectivity index (χ2n) is 3.92. The normalized spacial score (nSPS) is 12.3. The van der Waals surface area contributed by atoms with Gasteiger partial charge in [0.05, 0.1) is 0 Å². The summed E-state index contributed by atoms with van der Waals surface area (Å²) in [6.07, 6.45) is 3.60. The molecule has 3 aromatic rings. The Balaban J connectivity index is 2.23. The van der Waals surface area contributed by atoms with E-state index in [-0.39, 0.29) is 0 Å². The number of aromatic nitrogens is 3. The van der Waals surface area contributed by atoms with Crippen LogP contribution in [-0.4, -0.2) is 13.8 Å². The predicted molar refractivity (Wildman–Crippen MR) is 73.4 cm³/mol. The molecular formula is C15H15CuN3. The number of benzene rings is 2. The number of hydrogen-bond donors (Lipinski definition) is 0. The van der Waals surface area contributed by atoms with Crippen LogP contribution in [0.5, 0.6) is 0 Å². The van der Waals surface area contributed by atoms with Crippen LogP contribution in [0.4, 0.5) is 0 Å². The molecule has 1 heterocycles. The zero-order valence-electron chi connectivity index (χ0n) is 10.6. The fourth-order valence-electron chi connectivity index (χ4n) is 1.79. The Bertz CT molecular complexity index is 596. The molecule has 0 unspecified atom stereocenters. The minimum absolute atomic E-state index is 1.28. The van der Waals surface area contributed by atoms with Gasteiger partial charge in [-0.3, -0.25) is 0 Å². The summed E-state index contributed by atoms with van der Waals surface area (Å²) < 4.78 is 4.69. The zero-order chi connectivity index (χ0) is 13.1. The molecule has 0 aliphatic rings. The van der Waals surface area contributed by atoms with Crippen LogP contribution in [0, 0.1) is 0 Å². The van der Waals surface area contributed by atoms with Gasteiger partial charge in [0.15, 0.2) is 0 Å². The van der Waals surface area contributed by atoms with Crippen LogP contribution in [0.2, 0.25) is 5.82 Å². The maximum absolute atomic E-state index is 3.97. The van der Waals surface area contributed by atoms with E-state index in [9.17, 15) is 0 Å². The molecule has 0 atom stereocenters. The van der Waals surface area contributed by atoms with Crippen molar-refractivity contribution in [3.63, 3.8) is 0 Å². The molecule has 2 aromatic carbocycles. The summed E-state index contributed by atoms with van der Waals surface area (Å²) in [6.45, 7) is 0. The van der Waals surface area contributed by atoms with E-state index < -0.39 is 13.1 Å². The molecule has 3 nitrogen and oxygen atoms in total. The van der Waals surface area contributed by atoms with E-state index in [0.717, 1.165) is 0 Å². The van der Waals surface area contributed by atoms with Crippen molar-refractivity contribution in [3.05, 3.63) is 73.3 Å². The van der Waals surface area contributed by atoms with Crippen LogP contribution in [-0.2, 0) is 13.1 Å². The first-order chi connectivity index (χ1) is 9.32. The van der Waals surface area contributed by atoms with Crippen molar-refractivity contribution in [2.45, 2.75) is 5.82 Å². The summed E-state index contributed by atoms with van der Waals surface area (Å²) in [5, 5.41) is 7.94. The number of rotatable bonds is 3. The van der Waals surface area contributed by atoms with Crippen LogP contribution >= 0.6 is 0 Å². The Kier molecular flexibility index (Phi) is 3.20. The van der Waals surface area contributed by atoms with Crippen molar-refractivity contribution >= 4 is 8.92 Å². The molecule has 19 heavy (non-hydrogen) atoms.